The maximum atomic E-state index is 5.97. The average Bonchev–Trinajstić information content (AvgIpc) is 2.38. The van der Waals surface area contributed by atoms with E-state index in [9.17, 15) is 0 Å². The van der Waals surface area contributed by atoms with Crippen molar-refractivity contribution in [2.75, 3.05) is 25.4 Å². The molecule has 0 atom stereocenters. The Bertz CT molecular complexity index is 426. The van der Waals surface area contributed by atoms with Crippen LogP contribution in [0.5, 0.6) is 0 Å². The van der Waals surface area contributed by atoms with Crippen molar-refractivity contribution < 1.29 is 0 Å². The first-order valence-electron chi connectivity index (χ1n) is 8.08. The summed E-state index contributed by atoms with van der Waals surface area (Å²) in [6.07, 6.45) is 6.57. The number of nitrogens with two attached hydrogens (primary N) is 1. The van der Waals surface area contributed by atoms with Gasteiger partial charge in [0.05, 0.1) is 0 Å². The second kappa shape index (κ2) is 6.62. The Balaban J connectivity index is 1.95. The van der Waals surface area contributed by atoms with E-state index in [0.717, 1.165) is 12.1 Å². The van der Waals surface area contributed by atoms with Crippen molar-refractivity contribution >= 4 is 5.69 Å². The molecule has 2 rings (SSSR count). The van der Waals surface area contributed by atoms with E-state index in [4.69, 9.17) is 5.73 Å². The zero-order chi connectivity index (χ0) is 14.6. The Kier molecular flexibility index (Phi) is 5.09. The molecular formula is C18H30N2. The van der Waals surface area contributed by atoms with Crippen LogP contribution in [-0.2, 0) is 11.8 Å². The minimum absolute atomic E-state index is 0.203. The molecule has 1 aromatic carbocycles. The molecule has 1 aromatic rings. The van der Waals surface area contributed by atoms with Crippen LogP contribution in [0, 0.1) is 0 Å². The van der Waals surface area contributed by atoms with Crippen molar-refractivity contribution in [1.29, 1.82) is 0 Å². The molecule has 0 aromatic heterocycles. The highest BCUT2D eigenvalue weighted by atomic mass is 15.1. The van der Waals surface area contributed by atoms with Gasteiger partial charge in [0.2, 0.25) is 0 Å². The Morgan fingerprint density at radius 1 is 1.10 bits per heavy atom. The number of hydrogen-bond donors (Lipinski definition) is 1. The van der Waals surface area contributed by atoms with Crippen LogP contribution in [0.3, 0.4) is 0 Å². The van der Waals surface area contributed by atoms with Crippen LogP contribution in [0.15, 0.2) is 18.2 Å². The first-order valence-corrected chi connectivity index (χ1v) is 8.08. The Hall–Kier alpha value is -1.02. The zero-order valence-electron chi connectivity index (χ0n) is 13.4. The second-order valence-electron chi connectivity index (χ2n) is 7.17. The first-order chi connectivity index (χ1) is 9.47. The summed E-state index contributed by atoms with van der Waals surface area (Å²) in [6.45, 7) is 10.7. The van der Waals surface area contributed by atoms with Gasteiger partial charge in [0.1, 0.15) is 0 Å². The van der Waals surface area contributed by atoms with Gasteiger partial charge in [-0.25, -0.2) is 0 Å². The lowest BCUT2D eigenvalue weighted by Crippen LogP contribution is -2.30. The third-order valence-corrected chi connectivity index (χ3v) is 4.31. The molecule has 0 radical (unpaired) electrons. The van der Waals surface area contributed by atoms with Gasteiger partial charge in [-0.05, 0) is 74.0 Å². The smallest absolute Gasteiger partial charge is 0.0316 e. The monoisotopic (exact) mass is 274 g/mol. The van der Waals surface area contributed by atoms with E-state index in [1.807, 2.05) is 6.07 Å². The van der Waals surface area contributed by atoms with Crippen molar-refractivity contribution in [2.45, 2.75) is 58.3 Å². The number of nitrogens with zero attached hydrogens (tertiary/aromatic N) is 1. The molecule has 0 aliphatic carbocycles. The summed E-state index contributed by atoms with van der Waals surface area (Å²) in [4.78, 5) is 2.62. The first kappa shape index (κ1) is 15.4. The van der Waals surface area contributed by atoms with E-state index >= 15 is 0 Å². The number of hydrogen-bond acceptors (Lipinski definition) is 2. The van der Waals surface area contributed by atoms with Crippen LogP contribution in [0.4, 0.5) is 5.69 Å². The van der Waals surface area contributed by atoms with Crippen molar-refractivity contribution in [1.82, 2.24) is 4.90 Å². The fourth-order valence-electron chi connectivity index (χ4n) is 3.23. The van der Waals surface area contributed by atoms with Crippen LogP contribution >= 0.6 is 0 Å². The number of anilines is 1. The highest BCUT2D eigenvalue weighted by Crippen LogP contribution is 2.28. The van der Waals surface area contributed by atoms with Gasteiger partial charge >= 0.3 is 0 Å². The Morgan fingerprint density at radius 2 is 1.80 bits per heavy atom. The van der Waals surface area contributed by atoms with E-state index in [2.05, 4.69) is 37.8 Å². The molecule has 1 aliphatic rings. The molecule has 0 bridgehead atoms. The van der Waals surface area contributed by atoms with Crippen LogP contribution < -0.4 is 5.73 Å². The van der Waals surface area contributed by atoms with Gasteiger partial charge in [0.15, 0.2) is 0 Å². The molecular weight excluding hydrogens is 244 g/mol. The van der Waals surface area contributed by atoms with Crippen LogP contribution in [0.2, 0.25) is 0 Å². The third kappa shape index (κ3) is 4.24. The summed E-state index contributed by atoms with van der Waals surface area (Å²) in [6, 6.07) is 6.43. The van der Waals surface area contributed by atoms with Gasteiger partial charge in [-0.15, -0.1) is 0 Å². The van der Waals surface area contributed by atoms with E-state index in [0.29, 0.717) is 0 Å². The number of nitrogen functional groups attached to an aromatic ring is 1. The van der Waals surface area contributed by atoms with Gasteiger partial charge in [0.25, 0.3) is 0 Å². The summed E-state index contributed by atoms with van der Waals surface area (Å²) in [5.41, 5.74) is 9.96. The molecule has 0 spiro atoms. The van der Waals surface area contributed by atoms with Crippen LogP contribution in [0.25, 0.3) is 0 Å². The molecule has 1 heterocycles. The molecule has 0 amide bonds. The van der Waals surface area contributed by atoms with E-state index < -0.39 is 0 Å². The average molecular weight is 274 g/mol. The molecule has 1 saturated heterocycles. The Morgan fingerprint density at radius 3 is 2.45 bits per heavy atom. The lowest BCUT2D eigenvalue weighted by Gasteiger charge is -2.27. The van der Waals surface area contributed by atoms with Gasteiger partial charge in [-0.2, -0.15) is 0 Å². The molecule has 0 unspecified atom stereocenters. The lowest BCUT2D eigenvalue weighted by atomic mass is 9.82. The quantitative estimate of drug-likeness (QED) is 0.841. The molecule has 2 heteroatoms. The summed E-state index contributed by atoms with van der Waals surface area (Å²) in [7, 11) is 0. The maximum Gasteiger partial charge on any atom is 0.0316 e. The number of rotatable bonds is 4. The highest BCUT2D eigenvalue weighted by molar-refractivity contribution is 5.47. The summed E-state index contributed by atoms with van der Waals surface area (Å²) < 4.78 is 0. The fraction of sp³-hybridized carbons (Fsp3) is 0.667. The minimum Gasteiger partial charge on any atom is -0.399 e. The van der Waals surface area contributed by atoms with Crippen LogP contribution in [-0.4, -0.2) is 24.5 Å². The van der Waals surface area contributed by atoms with E-state index in [-0.39, 0.29) is 5.41 Å². The summed E-state index contributed by atoms with van der Waals surface area (Å²) in [5.74, 6) is 0. The predicted octanol–water partition coefficient (Wildman–Crippen LogP) is 3.98. The number of aryl methyl sites for hydroxylation is 1. The standard InChI is InChI=1S/C18H30N2/c1-18(2,3)17-10-9-16(19)14-15(17)8-7-13-20-11-5-4-6-12-20/h9-10,14H,4-8,11-13,19H2,1-3H3. The largest absolute Gasteiger partial charge is 0.399 e. The summed E-state index contributed by atoms with van der Waals surface area (Å²) in [5, 5.41) is 0. The van der Waals surface area contributed by atoms with Crippen molar-refractivity contribution in [3.05, 3.63) is 29.3 Å². The predicted molar refractivity (Wildman–Crippen MR) is 88.2 cm³/mol. The third-order valence-electron chi connectivity index (χ3n) is 4.31. The van der Waals surface area contributed by atoms with Crippen LogP contribution in [0.1, 0.15) is 57.6 Å². The number of benzene rings is 1. The van der Waals surface area contributed by atoms with E-state index in [1.54, 1.807) is 0 Å². The maximum absolute atomic E-state index is 5.97. The normalized spacial score (nSPS) is 17.4. The SMILES string of the molecule is CC(C)(C)c1ccc(N)cc1CCCN1CCCCC1. The minimum atomic E-state index is 0.203. The summed E-state index contributed by atoms with van der Waals surface area (Å²) >= 11 is 0. The molecule has 2 nitrogen and oxygen atoms in total. The molecule has 0 saturated carbocycles. The topological polar surface area (TPSA) is 29.3 Å². The molecule has 1 aliphatic heterocycles. The molecule has 1 fully saturated rings. The zero-order valence-corrected chi connectivity index (χ0v) is 13.4. The molecule has 20 heavy (non-hydrogen) atoms. The highest BCUT2D eigenvalue weighted by Gasteiger charge is 2.18. The van der Waals surface area contributed by atoms with Crippen molar-refractivity contribution in [2.24, 2.45) is 0 Å². The number of piperidine rings is 1. The number of likely N-dealkylation sites (tertiary alicyclic amines) is 1. The second-order valence-corrected chi connectivity index (χ2v) is 7.17. The van der Waals surface area contributed by atoms with Gasteiger partial charge in [-0.3, -0.25) is 0 Å². The van der Waals surface area contributed by atoms with Crippen molar-refractivity contribution in [3.63, 3.8) is 0 Å². The van der Waals surface area contributed by atoms with Crippen molar-refractivity contribution in [3.8, 4) is 0 Å². The Labute approximate surface area is 124 Å². The molecule has 112 valence electrons. The van der Waals surface area contributed by atoms with E-state index in [1.165, 1.54) is 56.4 Å². The van der Waals surface area contributed by atoms with Gasteiger partial charge in [-0.1, -0.05) is 33.3 Å². The van der Waals surface area contributed by atoms with Gasteiger partial charge < -0.3 is 10.6 Å². The molecule has 2 N–H and O–H groups in total. The fourth-order valence-corrected chi connectivity index (χ4v) is 3.23. The lowest BCUT2D eigenvalue weighted by molar-refractivity contribution is 0.226. The van der Waals surface area contributed by atoms with Gasteiger partial charge in [0, 0.05) is 5.69 Å².